The van der Waals surface area contributed by atoms with Crippen LogP contribution in [0.2, 0.25) is 0 Å². The van der Waals surface area contributed by atoms with E-state index in [1.807, 2.05) is 6.92 Å². The first-order valence-electron chi connectivity index (χ1n) is 8.91. The minimum absolute atomic E-state index is 0.0547. The molecular formula is C18H26N2O6S. The Bertz CT molecular complexity index is 780. The fourth-order valence-electron chi connectivity index (χ4n) is 3.08. The second-order valence-electron chi connectivity index (χ2n) is 6.35. The van der Waals surface area contributed by atoms with Crippen LogP contribution in [0.3, 0.4) is 0 Å². The third-order valence-corrected chi connectivity index (χ3v) is 6.38. The first-order chi connectivity index (χ1) is 12.8. The van der Waals surface area contributed by atoms with E-state index in [0.717, 1.165) is 25.7 Å². The highest BCUT2D eigenvalue weighted by Gasteiger charge is 2.26. The molecule has 1 aliphatic heterocycles. The average Bonchev–Trinajstić information content (AvgIpc) is 2.70. The van der Waals surface area contributed by atoms with E-state index in [2.05, 4.69) is 0 Å². The van der Waals surface area contributed by atoms with Crippen molar-refractivity contribution < 1.29 is 27.6 Å². The van der Waals surface area contributed by atoms with Crippen molar-refractivity contribution in [2.75, 3.05) is 27.3 Å². The number of rotatable bonds is 7. The first-order valence-corrected chi connectivity index (χ1v) is 10.3. The molecule has 27 heavy (non-hydrogen) atoms. The number of carbonyl (C=O) groups is 2. The quantitative estimate of drug-likeness (QED) is 0.514. The number of sulfonamides is 1. The molecule has 9 heteroatoms. The number of nitrogens with zero attached hydrogens (tertiary/aromatic N) is 2. The number of carbonyl (C=O) groups excluding carboxylic acids is 2. The lowest BCUT2D eigenvalue weighted by molar-refractivity contribution is -0.138. The summed E-state index contributed by atoms with van der Waals surface area (Å²) in [5.74, 6) is -0.969. The fourth-order valence-corrected chi connectivity index (χ4v) is 4.10. The predicted molar refractivity (Wildman–Crippen MR) is 98.3 cm³/mol. The van der Waals surface area contributed by atoms with E-state index < -0.39 is 16.0 Å². The molecule has 1 unspecified atom stereocenters. The molecule has 0 bridgehead atoms. The van der Waals surface area contributed by atoms with Crippen LogP contribution < -0.4 is 0 Å². The maximum Gasteiger partial charge on any atom is 0.338 e. The zero-order valence-electron chi connectivity index (χ0n) is 15.9. The summed E-state index contributed by atoms with van der Waals surface area (Å²) in [6.07, 6.45) is 3.87. The van der Waals surface area contributed by atoms with Crippen molar-refractivity contribution in [3.8, 4) is 0 Å². The van der Waals surface area contributed by atoms with Crippen molar-refractivity contribution in [3.05, 3.63) is 29.8 Å². The van der Waals surface area contributed by atoms with Crippen molar-refractivity contribution in [3.63, 3.8) is 0 Å². The van der Waals surface area contributed by atoms with E-state index in [1.54, 1.807) is 4.90 Å². The van der Waals surface area contributed by atoms with Gasteiger partial charge in [-0.1, -0.05) is 17.5 Å². The summed E-state index contributed by atoms with van der Waals surface area (Å²) in [7, 11) is -1.40. The van der Waals surface area contributed by atoms with Crippen LogP contribution >= 0.6 is 0 Å². The van der Waals surface area contributed by atoms with Gasteiger partial charge in [0.2, 0.25) is 0 Å². The number of likely N-dealkylation sites (tertiary alicyclic amines) is 1. The van der Waals surface area contributed by atoms with Crippen LogP contribution in [0.25, 0.3) is 0 Å². The Labute approximate surface area is 160 Å². The van der Waals surface area contributed by atoms with Gasteiger partial charge in [0, 0.05) is 19.6 Å². The van der Waals surface area contributed by atoms with Gasteiger partial charge in [0.25, 0.3) is 15.9 Å². The van der Waals surface area contributed by atoms with Gasteiger partial charge in [0.05, 0.1) is 17.6 Å². The lowest BCUT2D eigenvalue weighted by Gasteiger charge is -2.35. The molecule has 0 spiro atoms. The number of hydrogen-bond acceptors (Lipinski definition) is 6. The molecule has 1 fully saturated rings. The topological polar surface area (TPSA) is 93.2 Å². The minimum Gasteiger partial charge on any atom is -0.452 e. The number of amides is 1. The molecule has 1 heterocycles. The summed E-state index contributed by atoms with van der Waals surface area (Å²) in [4.78, 5) is 31.0. The molecule has 1 saturated heterocycles. The van der Waals surface area contributed by atoms with Crippen LogP contribution in [0.5, 0.6) is 0 Å². The highest BCUT2D eigenvalue weighted by atomic mass is 32.2. The van der Waals surface area contributed by atoms with E-state index in [9.17, 15) is 18.0 Å². The molecular weight excluding hydrogens is 372 g/mol. The van der Waals surface area contributed by atoms with Crippen LogP contribution in [0.4, 0.5) is 0 Å². The van der Waals surface area contributed by atoms with Crippen molar-refractivity contribution in [1.29, 1.82) is 0 Å². The van der Waals surface area contributed by atoms with Gasteiger partial charge in [-0.05, 0) is 43.9 Å². The number of esters is 1. The molecule has 0 aliphatic carbocycles. The average molecular weight is 398 g/mol. The van der Waals surface area contributed by atoms with Gasteiger partial charge in [-0.25, -0.2) is 13.2 Å². The summed E-state index contributed by atoms with van der Waals surface area (Å²) < 4.78 is 30.4. The lowest BCUT2D eigenvalue weighted by Crippen LogP contribution is -2.45. The van der Waals surface area contributed by atoms with Crippen molar-refractivity contribution in [2.45, 2.75) is 43.5 Å². The van der Waals surface area contributed by atoms with Crippen LogP contribution in [-0.2, 0) is 24.4 Å². The molecule has 1 aromatic carbocycles. The van der Waals surface area contributed by atoms with E-state index >= 15 is 0 Å². The van der Waals surface area contributed by atoms with Gasteiger partial charge in [-0.2, -0.15) is 0 Å². The van der Waals surface area contributed by atoms with Crippen LogP contribution in [0, 0.1) is 0 Å². The van der Waals surface area contributed by atoms with E-state index in [4.69, 9.17) is 9.57 Å². The second kappa shape index (κ2) is 9.29. The summed E-state index contributed by atoms with van der Waals surface area (Å²) in [6, 6.07) is 5.61. The van der Waals surface area contributed by atoms with Gasteiger partial charge in [-0.15, -0.1) is 0 Å². The number of benzene rings is 1. The molecule has 0 aromatic heterocycles. The van der Waals surface area contributed by atoms with Crippen LogP contribution in [-0.4, -0.2) is 63.0 Å². The van der Waals surface area contributed by atoms with E-state index in [1.165, 1.54) is 38.4 Å². The minimum atomic E-state index is -3.88. The molecule has 0 N–H and O–H groups in total. The molecule has 1 aromatic rings. The predicted octanol–water partition coefficient (Wildman–Crippen LogP) is 1.82. The Hall–Kier alpha value is -1.97. The number of piperidine rings is 1. The summed E-state index contributed by atoms with van der Waals surface area (Å²) >= 11 is 0. The third kappa shape index (κ3) is 5.06. The van der Waals surface area contributed by atoms with Gasteiger partial charge in [-0.3, -0.25) is 9.63 Å². The monoisotopic (exact) mass is 398 g/mol. The SMILES string of the molecule is CCC1CCCCN1C(=O)COC(=O)c1cccc(S(=O)(=O)N(C)OC)c1. The largest absolute Gasteiger partial charge is 0.452 e. The first kappa shape index (κ1) is 21.3. The Balaban J connectivity index is 2.04. The van der Waals surface area contributed by atoms with E-state index in [-0.39, 0.29) is 29.0 Å². The molecule has 8 nitrogen and oxygen atoms in total. The highest BCUT2D eigenvalue weighted by Crippen LogP contribution is 2.20. The van der Waals surface area contributed by atoms with Crippen molar-refractivity contribution in [1.82, 2.24) is 9.37 Å². The zero-order valence-corrected chi connectivity index (χ0v) is 16.7. The zero-order chi connectivity index (χ0) is 20.0. The fraction of sp³-hybridized carbons (Fsp3) is 0.556. The van der Waals surface area contributed by atoms with E-state index in [0.29, 0.717) is 11.0 Å². The lowest BCUT2D eigenvalue weighted by atomic mass is 10.00. The summed E-state index contributed by atoms with van der Waals surface area (Å²) in [6.45, 7) is 2.35. The molecule has 1 amide bonds. The molecule has 2 rings (SSSR count). The van der Waals surface area contributed by atoms with Gasteiger partial charge in [0.1, 0.15) is 0 Å². The maximum absolute atomic E-state index is 12.4. The molecule has 150 valence electrons. The maximum atomic E-state index is 12.4. The standard InChI is InChI=1S/C18H26N2O6S/c1-4-15-9-5-6-11-20(15)17(21)13-26-18(22)14-8-7-10-16(12-14)27(23,24)19(2)25-3/h7-8,10,12,15H,4-6,9,11,13H2,1-3H3. The number of hydrogen-bond donors (Lipinski definition) is 0. The van der Waals surface area contributed by atoms with Crippen LogP contribution in [0.15, 0.2) is 29.2 Å². The molecule has 1 aliphatic rings. The smallest absolute Gasteiger partial charge is 0.338 e. The Morgan fingerprint density at radius 2 is 2.04 bits per heavy atom. The van der Waals surface area contributed by atoms with Gasteiger partial charge >= 0.3 is 5.97 Å². The Morgan fingerprint density at radius 1 is 1.30 bits per heavy atom. The number of hydroxylamine groups is 1. The summed E-state index contributed by atoms with van der Waals surface area (Å²) in [5, 5.41) is 0. The molecule has 0 saturated carbocycles. The van der Waals surface area contributed by atoms with Gasteiger partial charge in [0.15, 0.2) is 6.61 Å². The summed E-state index contributed by atoms with van der Waals surface area (Å²) in [5.41, 5.74) is 0.0547. The Kier molecular flexibility index (Phi) is 7.34. The highest BCUT2D eigenvalue weighted by molar-refractivity contribution is 7.89. The Morgan fingerprint density at radius 3 is 2.70 bits per heavy atom. The van der Waals surface area contributed by atoms with Crippen molar-refractivity contribution >= 4 is 21.9 Å². The number of ether oxygens (including phenoxy) is 1. The second-order valence-corrected chi connectivity index (χ2v) is 8.28. The normalized spacial score (nSPS) is 17.8. The molecule has 1 atom stereocenters. The van der Waals surface area contributed by atoms with Crippen molar-refractivity contribution in [2.24, 2.45) is 0 Å². The van der Waals surface area contributed by atoms with Gasteiger partial charge < -0.3 is 9.64 Å². The van der Waals surface area contributed by atoms with Crippen LogP contribution in [0.1, 0.15) is 43.0 Å². The third-order valence-electron chi connectivity index (χ3n) is 4.71. The molecule has 0 radical (unpaired) electrons.